The molecule has 2 aliphatic heterocycles. The van der Waals surface area contributed by atoms with E-state index in [4.69, 9.17) is 0 Å². The lowest BCUT2D eigenvalue weighted by molar-refractivity contribution is 0.0615. The zero-order valence-electron chi connectivity index (χ0n) is 23.3. The summed E-state index contributed by atoms with van der Waals surface area (Å²) < 4.78 is 0. The largest absolute Gasteiger partial charge is 0.506 e. The fraction of sp³-hybridized carbons (Fsp3) is 0.562. The van der Waals surface area contributed by atoms with Crippen LogP contribution in [0.2, 0.25) is 0 Å². The third-order valence-electron chi connectivity index (χ3n) is 9.47. The standard InChI is InChI=1S/C32H44N6O/c39-30-7-4-15-33-29(30)23-37(24-31-34-16-17-35-31)22-27-10-8-26(9-11-27)21-36-18-12-32(25-36)13-19-38(20-14-32)28-5-2-1-3-6-28/h4,7-11,15-17,28,39H,1-3,5-6,12-14,18-25H2,(H,34,35). The van der Waals surface area contributed by atoms with Crippen LogP contribution in [0, 0.1) is 5.41 Å². The Morgan fingerprint density at radius 3 is 2.38 bits per heavy atom. The van der Waals surface area contributed by atoms with Crippen LogP contribution in [0.3, 0.4) is 0 Å². The lowest BCUT2D eigenvalue weighted by Crippen LogP contribution is -2.46. The molecule has 7 nitrogen and oxygen atoms in total. The molecule has 2 saturated heterocycles. The number of aromatic hydroxyl groups is 1. The summed E-state index contributed by atoms with van der Waals surface area (Å²) in [5, 5.41) is 10.3. The molecule has 4 heterocycles. The summed E-state index contributed by atoms with van der Waals surface area (Å²) >= 11 is 0. The van der Waals surface area contributed by atoms with Gasteiger partial charge < -0.3 is 15.0 Å². The summed E-state index contributed by atoms with van der Waals surface area (Å²) in [7, 11) is 0. The third kappa shape index (κ3) is 6.71. The molecule has 1 aromatic carbocycles. The van der Waals surface area contributed by atoms with E-state index in [1.165, 1.54) is 88.7 Å². The van der Waals surface area contributed by atoms with E-state index in [1.807, 2.05) is 6.20 Å². The summed E-state index contributed by atoms with van der Waals surface area (Å²) in [5.74, 6) is 1.15. The van der Waals surface area contributed by atoms with Crippen molar-refractivity contribution in [3.63, 3.8) is 0 Å². The Bertz CT molecular complexity index is 1170. The fourth-order valence-corrected chi connectivity index (χ4v) is 7.17. The van der Waals surface area contributed by atoms with Gasteiger partial charge in [0, 0.05) is 50.8 Å². The molecule has 2 N–H and O–H groups in total. The lowest BCUT2D eigenvalue weighted by Gasteiger charge is -2.43. The number of aromatic nitrogens is 3. The second-order valence-electron chi connectivity index (χ2n) is 12.3. The van der Waals surface area contributed by atoms with Crippen molar-refractivity contribution in [2.45, 2.75) is 83.6 Å². The summed E-state index contributed by atoms with van der Waals surface area (Å²) in [6.45, 7) is 8.17. The summed E-state index contributed by atoms with van der Waals surface area (Å²) in [4.78, 5) is 19.8. The van der Waals surface area contributed by atoms with Gasteiger partial charge in [-0.3, -0.25) is 14.8 Å². The Balaban J connectivity index is 1.02. The van der Waals surface area contributed by atoms with Gasteiger partial charge in [0.1, 0.15) is 11.6 Å². The smallest absolute Gasteiger partial charge is 0.138 e. The predicted molar refractivity (Wildman–Crippen MR) is 154 cm³/mol. The molecule has 1 saturated carbocycles. The fourth-order valence-electron chi connectivity index (χ4n) is 7.17. The number of piperidine rings is 1. The van der Waals surface area contributed by atoms with Crippen molar-refractivity contribution >= 4 is 0 Å². The maximum absolute atomic E-state index is 10.3. The van der Waals surface area contributed by atoms with E-state index >= 15 is 0 Å². The van der Waals surface area contributed by atoms with E-state index in [0.29, 0.717) is 24.2 Å². The van der Waals surface area contributed by atoms with Crippen LogP contribution in [0.1, 0.15) is 74.0 Å². The monoisotopic (exact) mass is 528 g/mol. The number of hydrogen-bond acceptors (Lipinski definition) is 6. The molecule has 3 aliphatic rings. The van der Waals surface area contributed by atoms with Gasteiger partial charge in [-0.2, -0.15) is 0 Å². The minimum absolute atomic E-state index is 0.236. The molecule has 1 spiro atoms. The molecular formula is C32H44N6O. The van der Waals surface area contributed by atoms with Gasteiger partial charge in [-0.25, -0.2) is 4.98 Å². The second-order valence-corrected chi connectivity index (χ2v) is 12.3. The van der Waals surface area contributed by atoms with Crippen LogP contribution < -0.4 is 0 Å². The number of pyridine rings is 1. The van der Waals surface area contributed by atoms with Gasteiger partial charge in [-0.05, 0) is 80.4 Å². The van der Waals surface area contributed by atoms with Crippen molar-refractivity contribution in [3.05, 3.63) is 77.6 Å². The summed E-state index contributed by atoms with van der Waals surface area (Å²) in [5.41, 5.74) is 3.89. The van der Waals surface area contributed by atoms with Crippen LogP contribution in [-0.4, -0.2) is 67.0 Å². The Morgan fingerprint density at radius 2 is 1.64 bits per heavy atom. The number of nitrogens with zero attached hydrogens (tertiary/aromatic N) is 5. The molecular weight excluding hydrogens is 484 g/mol. The highest BCUT2D eigenvalue weighted by Crippen LogP contribution is 2.42. The number of rotatable bonds is 9. The van der Waals surface area contributed by atoms with Crippen molar-refractivity contribution in [2.75, 3.05) is 26.2 Å². The zero-order valence-corrected chi connectivity index (χ0v) is 23.3. The maximum Gasteiger partial charge on any atom is 0.138 e. The van der Waals surface area contributed by atoms with Crippen LogP contribution in [0.15, 0.2) is 55.0 Å². The number of benzene rings is 1. The molecule has 2 aromatic heterocycles. The summed E-state index contributed by atoms with van der Waals surface area (Å²) in [6.07, 6.45) is 16.7. The minimum Gasteiger partial charge on any atom is -0.506 e. The van der Waals surface area contributed by atoms with Gasteiger partial charge in [0.15, 0.2) is 0 Å². The summed E-state index contributed by atoms with van der Waals surface area (Å²) in [6, 6.07) is 13.5. The first-order valence-corrected chi connectivity index (χ1v) is 15.0. The van der Waals surface area contributed by atoms with Crippen LogP contribution >= 0.6 is 0 Å². The Kier molecular flexibility index (Phi) is 8.28. The van der Waals surface area contributed by atoms with Crippen molar-refractivity contribution < 1.29 is 5.11 Å². The van der Waals surface area contributed by atoms with Gasteiger partial charge in [0.05, 0.1) is 12.2 Å². The molecule has 0 amide bonds. The topological polar surface area (TPSA) is 71.5 Å². The molecule has 3 aromatic rings. The van der Waals surface area contributed by atoms with Crippen molar-refractivity contribution in [2.24, 2.45) is 5.41 Å². The molecule has 1 aliphatic carbocycles. The van der Waals surface area contributed by atoms with E-state index in [1.54, 1.807) is 24.5 Å². The van der Waals surface area contributed by atoms with Crippen LogP contribution in [0.5, 0.6) is 5.75 Å². The van der Waals surface area contributed by atoms with Gasteiger partial charge in [0.25, 0.3) is 0 Å². The van der Waals surface area contributed by atoms with E-state index in [0.717, 1.165) is 25.0 Å². The Hall–Kier alpha value is -2.74. The van der Waals surface area contributed by atoms with E-state index in [2.05, 4.69) is 53.9 Å². The molecule has 0 unspecified atom stereocenters. The van der Waals surface area contributed by atoms with Crippen LogP contribution in [0.4, 0.5) is 0 Å². The highest BCUT2D eigenvalue weighted by atomic mass is 16.3. The molecule has 39 heavy (non-hydrogen) atoms. The van der Waals surface area contributed by atoms with Crippen LogP contribution in [0.25, 0.3) is 0 Å². The van der Waals surface area contributed by atoms with Gasteiger partial charge >= 0.3 is 0 Å². The molecule has 208 valence electrons. The quantitative estimate of drug-likeness (QED) is 0.391. The number of hydrogen-bond donors (Lipinski definition) is 2. The number of aromatic amines is 1. The first-order chi connectivity index (χ1) is 19.1. The Morgan fingerprint density at radius 1 is 0.872 bits per heavy atom. The third-order valence-corrected chi connectivity index (χ3v) is 9.47. The number of nitrogens with one attached hydrogen (secondary N) is 1. The van der Waals surface area contributed by atoms with E-state index < -0.39 is 0 Å². The first-order valence-electron chi connectivity index (χ1n) is 15.0. The highest BCUT2D eigenvalue weighted by Gasteiger charge is 2.41. The van der Waals surface area contributed by atoms with Crippen LogP contribution in [-0.2, 0) is 26.2 Å². The molecule has 7 heteroatoms. The average molecular weight is 529 g/mol. The predicted octanol–water partition coefficient (Wildman–Crippen LogP) is 5.33. The number of likely N-dealkylation sites (tertiary alicyclic amines) is 2. The molecule has 6 rings (SSSR count). The highest BCUT2D eigenvalue weighted by molar-refractivity contribution is 5.26. The second kappa shape index (κ2) is 12.2. The molecule has 3 fully saturated rings. The normalized spacial score (nSPS) is 20.7. The van der Waals surface area contributed by atoms with Gasteiger partial charge in [-0.1, -0.05) is 43.5 Å². The van der Waals surface area contributed by atoms with E-state index in [9.17, 15) is 5.11 Å². The molecule has 0 radical (unpaired) electrons. The van der Waals surface area contributed by atoms with E-state index in [-0.39, 0.29) is 5.75 Å². The minimum atomic E-state index is 0.236. The lowest BCUT2D eigenvalue weighted by atomic mass is 9.77. The van der Waals surface area contributed by atoms with Crippen molar-refractivity contribution in [3.8, 4) is 5.75 Å². The SMILES string of the molecule is Oc1cccnc1CN(Cc1ccc(CN2CCC3(CCN(C4CCCCC4)CC3)C2)cc1)Cc1ncc[nH]1. The first kappa shape index (κ1) is 26.5. The average Bonchev–Trinajstić information content (AvgIpc) is 3.62. The molecule has 0 bridgehead atoms. The zero-order chi connectivity index (χ0) is 26.5. The Labute approximate surface area is 233 Å². The molecule has 0 atom stereocenters. The van der Waals surface area contributed by atoms with Crippen molar-refractivity contribution in [1.82, 2.24) is 29.7 Å². The number of H-pyrrole nitrogens is 1. The van der Waals surface area contributed by atoms with Crippen molar-refractivity contribution in [1.29, 1.82) is 0 Å². The maximum atomic E-state index is 10.3. The number of imidazole rings is 1. The van der Waals surface area contributed by atoms with Gasteiger partial charge in [-0.15, -0.1) is 0 Å². The van der Waals surface area contributed by atoms with Gasteiger partial charge in [0.2, 0.25) is 0 Å².